The first kappa shape index (κ1) is 17.6. The standard InChI is InChI=1S/C16H20N2O3S2/c1-11-14(23-16(18-11)12-7-9-22-10-12)15(21)17-8-5-3-2-4-6-13(19)20/h7,9-10H,2-6,8H2,1H3,(H,17,21)(H,19,20). The van der Waals surface area contributed by atoms with E-state index in [4.69, 9.17) is 5.11 Å². The lowest BCUT2D eigenvalue weighted by molar-refractivity contribution is -0.137. The van der Waals surface area contributed by atoms with Gasteiger partial charge in [-0.1, -0.05) is 12.8 Å². The van der Waals surface area contributed by atoms with Crippen LogP contribution in [0, 0.1) is 6.92 Å². The van der Waals surface area contributed by atoms with Gasteiger partial charge in [0.1, 0.15) is 9.88 Å². The van der Waals surface area contributed by atoms with E-state index in [1.807, 2.05) is 23.8 Å². The molecule has 0 aliphatic carbocycles. The molecule has 2 aromatic rings. The van der Waals surface area contributed by atoms with Crippen molar-refractivity contribution in [3.05, 3.63) is 27.4 Å². The van der Waals surface area contributed by atoms with Gasteiger partial charge in [0.25, 0.3) is 5.91 Å². The third-order valence-electron chi connectivity index (χ3n) is 3.37. The van der Waals surface area contributed by atoms with Gasteiger partial charge in [-0.2, -0.15) is 11.3 Å². The Bertz CT molecular complexity index is 650. The van der Waals surface area contributed by atoms with Crippen molar-refractivity contribution in [3.8, 4) is 10.6 Å². The summed E-state index contributed by atoms with van der Waals surface area (Å²) in [6.45, 7) is 2.46. The molecule has 124 valence electrons. The first-order chi connectivity index (χ1) is 11.1. The van der Waals surface area contributed by atoms with E-state index in [0.717, 1.165) is 35.5 Å². The number of hydrogen-bond acceptors (Lipinski definition) is 5. The van der Waals surface area contributed by atoms with Crippen molar-refractivity contribution in [2.24, 2.45) is 0 Å². The molecule has 2 rings (SSSR count). The van der Waals surface area contributed by atoms with Gasteiger partial charge in [0.05, 0.1) is 5.69 Å². The van der Waals surface area contributed by atoms with E-state index in [9.17, 15) is 9.59 Å². The number of thiophene rings is 1. The summed E-state index contributed by atoms with van der Waals surface area (Å²) in [7, 11) is 0. The Balaban J connectivity index is 1.75. The van der Waals surface area contributed by atoms with Crippen LogP contribution < -0.4 is 5.32 Å². The van der Waals surface area contributed by atoms with Crippen LogP contribution in [-0.2, 0) is 4.79 Å². The second-order valence-electron chi connectivity index (χ2n) is 5.26. The van der Waals surface area contributed by atoms with Crippen molar-refractivity contribution in [2.75, 3.05) is 6.54 Å². The number of nitrogens with one attached hydrogen (secondary N) is 1. The molecule has 2 heterocycles. The number of nitrogens with zero attached hydrogens (tertiary/aromatic N) is 1. The quantitative estimate of drug-likeness (QED) is 0.670. The number of hydrogen-bond donors (Lipinski definition) is 2. The number of unbranched alkanes of at least 4 members (excludes halogenated alkanes) is 3. The van der Waals surface area contributed by atoms with E-state index in [2.05, 4.69) is 10.3 Å². The van der Waals surface area contributed by atoms with Gasteiger partial charge in [-0.15, -0.1) is 11.3 Å². The normalized spacial score (nSPS) is 10.7. The number of amides is 1. The highest BCUT2D eigenvalue weighted by Crippen LogP contribution is 2.29. The molecule has 0 saturated carbocycles. The number of thiazole rings is 1. The Morgan fingerprint density at radius 3 is 2.74 bits per heavy atom. The zero-order valence-electron chi connectivity index (χ0n) is 13.0. The number of aliphatic carboxylic acids is 1. The van der Waals surface area contributed by atoms with Crippen LogP contribution in [-0.4, -0.2) is 28.5 Å². The summed E-state index contributed by atoms with van der Waals surface area (Å²) >= 11 is 3.03. The average Bonchev–Trinajstić information content (AvgIpc) is 3.14. The lowest BCUT2D eigenvalue weighted by Gasteiger charge is -2.03. The lowest BCUT2D eigenvalue weighted by Crippen LogP contribution is -2.24. The Hall–Kier alpha value is -1.73. The maximum atomic E-state index is 12.2. The van der Waals surface area contributed by atoms with Gasteiger partial charge in [-0.25, -0.2) is 4.98 Å². The molecule has 0 spiro atoms. The fourth-order valence-electron chi connectivity index (χ4n) is 2.15. The van der Waals surface area contributed by atoms with Gasteiger partial charge in [0.2, 0.25) is 0 Å². The summed E-state index contributed by atoms with van der Waals surface area (Å²) < 4.78 is 0. The average molecular weight is 352 g/mol. The van der Waals surface area contributed by atoms with Crippen molar-refractivity contribution in [1.82, 2.24) is 10.3 Å². The minimum atomic E-state index is -0.750. The van der Waals surface area contributed by atoms with E-state index >= 15 is 0 Å². The second-order valence-corrected chi connectivity index (χ2v) is 7.04. The van der Waals surface area contributed by atoms with Crippen LogP contribution in [0.25, 0.3) is 10.6 Å². The molecule has 0 radical (unpaired) electrons. The highest BCUT2D eigenvalue weighted by atomic mass is 32.1. The van der Waals surface area contributed by atoms with Crippen LogP contribution in [0.15, 0.2) is 16.8 Å². The van der Waals surface area contributed by atoms with Crippen molar-refractivity contribution in [2.45, 2.75) is 39.0 Å². The Labute approximate surface area is 143 Å². The highest BCUT2D eigenvalue weighted by molar-refractivity contribution is 7.17. The predicted octanol–water partition coefficient (Wildman–Crippen LogP) is 3.94. The topological polar surface area (TPSA) is 79.3 Å². The molecule has 0 aliphatic heterocycles. The summed E-state index contributed by atoms with van der Waals surface area (Å²) in [4.78, 5) is 27.7. The molecule has 5 nitrogen and oxygen atoms in total. The van der Waals surface area contributed by atoms with Crippen molar-refractivity contribution in [1.29, 1.82) is 0 Å². The lowest BCUT2D eigenvalue weighted by atomic mass is 10.1. The van der Waals surface area contributed by atoms with Crippen molar-refractivity contribution in [3.63, 3.8) is 0 Å². The molecule has 0 unspecified atom stereocenters. The largest absolute Gasteiger partial charge is 0.481 e. The first-order valence-electron chi connectivity index (χ1n) is 7.58. The van der Waals surface area contributed by atoms with Crippen LogP contribution in [0.3, 0.4) is 0 Å². The monoisotopic (exact) mass is 352 g/mol. The molecule has 0 bridgehead atoms. The summed E-state index contributed by atoms with van der Waals surface area (Å²) in [5.74, 6) is -0.826. The van der Waals surface area contributed by atoms with Crippen LogP contribution in [0.2, 0.25) is 0 Å². The molecular weight excluding hydrogens is 332 g/mol. The van der Waals surface area contributed by atoms with Gasteiger partial charge < -0.3 is 10.4 Å². The molecule has 1 amide bonds. The Kier molecular flexibility index (Phi) is 6.73. The molecule has 0 atom stereocenters. The predicted molar refractivity (Wildman–Crippen MR) is 93.2 cm³/mol. The molecular formula is C16H20N2O3S2. The van der Waals surface area contributed by atoms with Gasteiger partial charge >= 0.3 is 5.97 Å². The van der Waals surface area contributed by atoms with Crippen LogP contribution in [0.1, 0.15) is 47.5 Å². The van der Waals surface area contributed by atoms with E-state index in [-0.39, 0.29) is 12.3 Å². The fraction of sp³-hybridized carbons (Fsp3) is 0.438. The molecule has 7 heteroatoms. The van der Waals surface area contributed by atoms with Crippen molar-refractivity contribution < 1.29 is 14.7 Å². The Morgan fingerprint density at radius 1 is 1.26 bits per heavy atom. The number of carbonyl (C=O) groups is 2. The number of carboxylic acid groups (broad SMARTS) is 1. The van der Waals surface area contributed by atoms with Crippen LogP contribution in [0.5, 0.6) is 0 Å². The zero-order chi connectivity index (χ0) is 16.7. The highest BCUT2D eigenvalue weighted by Gasteiger charge is 2.15. The number of carbonyl (C=O) groups excluding carboxylic acids is 1. The molecule has 2 aromatic heterocycles. The minimum absolute atomic E-state index is 0.0768. The minimum Gasteiger partial charge on any atom is -0.481 e. The number of aryl methyl sites for hydroxylation is 1. The van der Waals surface area contributed by atoms with E-state index < -0.39 is 5.97 Å². The number of carboxylic acids is 1. The van der Waals surface area contributed by atoms with E-state index in [1.165, 1.54) is 11.3 Å². The molecule has 2 N–H and O–H groups in total. The third kappa shape index (κ3) is 5.44. The van der Waals surface area contributed by atoms with Gasteiger partial charge in [-0.05, 0) is 31.2 Å². The maximum Gasteiger partial charge on any atom is 0.303 e. The first-order valence-corrected chi connectivity index (χ1v) is 9.34. The summed E-state index contributed by atoms with van der Waals surface area (Å²) in [6.07, 6.45) is 3.58. The van der Waals surface area contributed by atoms with E-state index in [1.54, 1.807) is 11.3 Å². The molecule has 0 saturated heterocycles. The van der Waals surface area contributed by atoms with E-state index in [0.29, 0.717) is 17.8 Å². The van der Waals surface area contributed by atoms with Crippen LogP contribution >= 0.6 is 22.7 Å². The Morgan fingerprint density at radius 2 is 2.04 bits per heavy atom. The summed E-state index contributed by atoms with van der Waals surface area (Å²) in [5.41, 5.74) is 1.82. The van der Waals surface area contributed by atoms with Gasteiger partial charge in [0, 0.05) is 23.9 Å². The smallest absolute Gasteiger partial charge is 0.303 e. The third-order valence-corrected chi connectivity index (χ3v) is 5.26. The molecule has 0 fully saturated rings. The van der Waals surface area contributed by atoms with Gasteiger partial charge in [0.15, 0.2) is 0 Å². The summed E-state index contributed by atoms with van der Waals surface area (Å²) in [6, 6.07) is 2.00. The number of rotatable bonds is 9. The zero-order valence-corrected chi connectivity index (χ0v) is 14.6. The number of aromatic nitrogens is 1. The maximum absolute atomic E-state index is 12.2. The molecule has 0 aromatic carbocycles. The SMILES string of the molecule is Cc1nc(-c2ccsc2)sc1C(=O)NCCCCCCC(=O)O. The second kappa shape index (κ2) is 8.79. The fourth-order valence-corrected chi connectivity index (χ4v) is 3.85. The summed E-state index contributed by atoms with van der Waals surface area (Å²) in [5, 5.41) is 16.4. The van der Waals surface area contributed by atoms with Crippen molar-refractivity contribution >= 4 is 34.6 Å². The molecule has 23 heavy (non-hydrogen) atoms. The van der Waals surface area contributed by atoms with Gasteiger partial charge in [-0.3, -0.25) is 9.59 Å². The van der Waals surface area contributed by atoms with Crippen LogP contribution in [0.4, 0.5) is 0 Å². The molecule has 0 aliphatic rings.